The van der Waals surface area contributed by atoms with Crippen molar-refractivity contribution in [2.75, 3.05) is 19.6 Å². The molecule has 1 amide bonds. The Hall–Kier alpha value is -0.900. The Morgan fingerprint density at radius 2 is 2.17 bits per heavy atom. The standard InChI is InChI=1S/C14H26N2O2/c1-4-5-8-15-14(18)11(2)16-9-6-7-13(10-16)12(3)17/h11,13H,4-10H2,1-3H3,(H,15,18). The van der Waals surface area contributed by atoms with Crippen molar-refractivity contribution in [1.29, 1.82) is 0 Å². The van der Waals surface area contributed by atoms with Crippen LogP contribution in [0.4, 0.5) is 0 Å². The highest BCUT2D eigenvalue weighted by molar-refractivity contribution is 5.82. The van der Waals surface area contributed by atoms with Crippen LogP contribution < -0.4 is 5.32 Å². The van der Waals surface area contributed by atoms with E-state index < -0.39 is 0 Å². The van der Waals surface area contributed by atoms with Gasteiger partial charge in [-0.3, -0.25) is 14.5 Å². The van der Waals surface area contributed by atoms with Gasteiger partial charge in [0.2, 0.25) is 5.91 Å². The molecule has 2 atom stereocenters. The van der Waals surface area contributed by atoms with Crippen LogP contribution in [0, 0.1) is 5.92 Å². The predicted octanol–water partition coefficient (Wildman–Crippen LogP) is 1.59. The molecule has 0 saturated carbocycles. The molecule has 1 saturated heterocycles. The van der Waals surface area contributed by atoms with Crippen LogP contribution in [0.25, 0.3) is 0 Å². The number of piperidine rings is 1. The maximum absolute atomic E-state index is 12.0. The van der Waals surface area contributed by atoms with E-state index >= 15 is 0 Å². The molecule has 0 spiro atoms. The zero-order chi connectivity index (χ0) is 13.5. The average Bonchev–Trinajstić information content (AvgIpc) is 2.38. The molecular weight excluding hydrogens is 228 g/mol. The smallest absolute Gasteiger partial charge is 0.237 e. The van der Waals surface area contributed by atoms with Crippen LogP contribution in [-0.2, 0) is 9.59 Å². The fourth-order valence-corrected chi connectivity index (χ4v) is 2.39. The van der Waals surface area contributed by atoms with Crippen molar-refractivity contribution in [3.8, 4) is 0 Å². The molecule has 0 aromatic heterocycles. The fourth-order valence-electron chi connectivity index (χ4n) is 2.39. The van der Waals surface area contributed by atoms with E-state index in [1.165, 1.54) is 0 Å². The quantitative estimate of drug-likeness (QED) is 0.732. The van der Waals surface area contributed by atoms with Gasteiger partial charge >= 0.3 is 0 Å². The molecule has 104 valence electrons. The number of carbonyl (C=O) groups is 2. The molecule has 0 aromatic carbocycles. The Morgan fingerprint density at radius 3 is 2.78 bits per heavy atom. The van der Waals surface area contributed by atoms with E-state index in [0.717, 1.165) is 45.3 Å². The van der Waals surface area contributed by atoms with Crippen molar-refractivity contribution in [3.05, 3.63) is 0 Å². The zero-order valence-electron chi connectivity index (χ0n) is 11.9. The lowest BCUT2D eigenvalue weighted by Gasteiger charge is -2.35. The molecule has 1 N–H and O–H groups in total. The maximum Gasteiger partial charge on any atom is 0.237 e. The second-order valence-corrected chi connectivity index (χ2v) is 5.27. The lowest BCUT2D eigenvalue weighted by Crippen LogP contribution is -2.50. The molecule has 0 aliphatic carbocycles. The third-order valence-electron chi connectivity index (χ3n) is 3.78. The number of amides is 1. The highest BCUT2D eigenvalue weighted by atomic mass is 16.2. The van der Waals surface area contributed by atoms with Gasteiger partial charge in [0.1, 0.15) is 5.78 Å². The largest absolute Gasteiger partial charge is 0.355 e. The number of unbranched alkanes of at least 4 members (excludes halogenated alkanes) is 1. The van der Waals surface area contributed by atoms with E-state index in [1.807, 2.05) is 6.92 Å². The van der Waals surface area contributed by atoms with Crippen molar-refractivity contribution in [1.82, 2.24) is 10.2 Å². The van der Waals surface area contributed by atoms with E-state index in [1.54, 1.807) is 6.92 Å². The summed E-state index contributed by atoms with van der Waals surface area (Å²) in [7, 11) is 0. The van der Waals surface area contributed by atoms with Gasteiger partial charge in [0.05, 0.1) is 6.04 Å². The second kappa shape index (κ2) is 7.52. The monoisotopic (exact) mass is 254 g/mol. The third kappa shape index (κ3) is 4.41. The molecule has 2 unspecified atom stereocenters. The highest BCUT2D eigenvalue weighted by Crippen LogP contribution is 2.19. The first kappa shape index (κ1) is 15.2. The van der Waals surface area contributed by atoms with Gasteiger partial charge in [-0.1, -0.05) is 13.3 Å². The molecule has 4 heteroatoms. The van der Waals surface area contributed by atoms with Gasteiger partial charge in [-0.25, -0.2) is 0 Å². The summed E-state index contributed by atoms with van der Waals surface area (Å²) in [6, 6.07) is -0.121. The minimum absolute atomic E-state index is 0.0904. The van der Waals surface area contributed by atoms with Crippen LogP contribution in [0.3, 0.4) is 0 Å². The molecule has 18 heavy (non-hydrogen) atoms. The summed E-state index contributed by atoms with van der Waals surface area (Å²) in [4.78, 5) is 25.5. The molecule has 0 bridgehead atoms. The van der Waals surface area contributed by atoms with Crippen molar-refractivity contribution < 1.29 is 9.59 Å². The summed E-state index contributed by atoms with van der Waals surface area (Å²) >= 11 is 0. The van der Waals surface area contributed by atoms with Gasteiger partial charge in [0, 0.05) is 19.0 Å². The first-order valence-electron chi connectivity index (χ1n) is 7.08. The zero-order valence-corrected chi connectivity index (χ0v) is 11.9. The van der Waals surface area contributed by atoms with Gasteiger partial charge < -0.3 is 5.32 Å². The molecule has 1 rings (SSSR count). The number of Topliss-reactive ketones (excluding diaryl/α,β-unsaturated/α-hetero) is 1. The van der Waals surface area contributed by atoms with E-state index in [0.29, 0.717) is 0 Å². The number of hydrogen-bond acceptors (Lipinski definition) is 3. The van der Waals surface area contributed by atoms with Gasteiger partial charge in [-0.2, -0.15) is 0 Å². The van der Waals surface area contributed by atoms with E-state index in [4.69, 9.17) is 0 Å². The number of rotatable bonds is 6. The SMILES string of the molecule is CCCCNC(=O)C(C)N1CCCC(C(C)=O)C1. The first-order chi connectivity index (χ1) is 8.56. The van der Waals surface area contributed by atoms with E-state index in [-0.39, 0.29) is 23.7 Å². The van der Waals surface area contributed by atoms with Gasteiger partial charge in [-0.05, 0) is 39.7 Å². The summed E-state index contributed by atoms with van der Waals surface area (Å²) in [6.45, 7) is 8.11. The van der Waals surface area contributed by atoms with Crippen LogP contribution in [0.5, 0.6) is 0 Å². The summed E-state index contributed by atoms with van der Waals surface area (Å²) in [5, 5.41) is 2.96. The number of carbonyl (C=O) groups excluding carboxylic acids is 2. The van der Waals surface area contributed by atoms with Crippen LogP contribution in [0.2, 0.25) is 0 Å². The number of hydrogen-bond donors (Lipinski definition) is 1. The minimum Gasteiger partial charge on any atom is -0.355 e. The van der Waals surface area contributed by atoms with E-state index in [2.05, 4.69) is 17.1 Å². The minimum atomic E-state index is -0.121. The summed E-state index contributed by atoms with van der Waals surface area (Å²) in [6.07, 6.45) is 4.09. The Kier molecular flexibility index (Phi) is 6.33. The van der Waals surface area contributed by atoms with Crippen LogP contribution in [0.1, 0.15) is 46.5 Å². The topological polar surface area (TPSA) is 49.4 Å². The van der Waals surface area contributed by atoms with Gasteiger partial charge in [0.15, 0.2) is 0 Å². The molecule has 0 aromatic rings. The molecule has 0 radical (unpaired) electrons. The Morgan fingerprint density at radius 1 is 1.44 bits per heavy atom. The molecule has 4 nitrogen and oxygen atoms in total. The maximum atomic E-state index is 12.0. The predicted molar refractivity (Wildman–Crippen MR) is 72.4 cm³/mol. The molecule has 1 fully saturated rings. The van der Waals surface area contributed by atoms with E-state index in [9.17, 15) is 9.59 Å². The van der Waals surface area contributed by atoms with Crippen molar-refractivity contribution in [2.45, 2.75) is 52.5 Å². The number of likely N-dealkylation sites (tertiary alicyclic amines) is 1. The molecule has 1 aliphatic heterocycles. The van der Waals surface area contributed by atoms with Crippen LogP contribution in [0.15, 0.2) is 0 Å². The molecule has 1 heterocycles. The second-order valence-electron chi connectivity index (χ2n) is 5.27. The Labute approximate surface area is 110 Å². The van der Waals surface area contributed by atoms with Crippen LogP contribution in [-0.4, -0.2) is 42.3 Å². The fraction of sp³-hybridized carbons (Fsp3) is 0.857. The molecule has 1 aliphatic rings. The highest BCUT2D eigenvalue weighted by Gasteiger charge is 2.28. The number of ketones is 1. The van der Waals surface area contributed by atoms with Crippen LogP contribution >= 0.6 is 0 Å². The lowest BCUT2D eigenvalue weighted by molar-refractivity contribution is -0.129. The number of nitrogens with zero attached hydrogens (tertiary/aromatic N) is 1. The summed E-state index contributed by atoms with van der Waals surface area (Å²) < 4.78 is 0. The normalized spacial score (nSPS) is 22.5. The third-order valence-corrected chi connectivity index (χ3v) is 3.78. The van der Waals surface area contributed by atoms with Crippen molar-refractivity contribution >= 4 is 11.7 Å². The lowest BCUT2D eigenvalue weighted by atomic mass is 9.93. The van der Waals surface area contributed by atoms with Crippen molar-refractivity contribution in [2.24, 2.45) is 5.92 Å². The first-order valence-corrected chi connectivity index (χ1v) is 7.08. The molecular formula is C14H26N2O2. The van der Waals surface area contributed by atoms with Gasteiger partial charge in [-0.15, -0.1) is 0 Å². The summed E-state index contributed by atoms with van der Waals surface area (Å²) in [5.41, 5.74) is 0. The number of nitrogens with one attached hydrogen (secondary N) is 1. The Bertz CT molecular complexity index is 292. The Balaban J connectivity index is 2.42. The van der Waals surface area contributed by atoms with Crippen molar-refractivity contribution in [3.63, 3.8) is 0 Å². The average molecular weight is 254 g/mol. The summed E-state index contributed by atoms with van der Waals surface area (Å²) in [5.74, 6) is 0.454. The van der Waals surface area contributed by atoms with Gasteiger partial charge in [0.25, 0.3) is 0 Å².